The Hall–Kier alpha value is -0.520. The first-order valence-electron chi connectivity index (χ1n) is 12.6. The van der Waals surface area contributed by atoms with Gasteiger partial charge in [0.2, 0.25) is 0 Å². The summed E-state index contributed by atoms with van der Waals surface area (Å²) in [5.74, 6) is 0.889. The molecule has 28 heavy (non-hydrogen) atoms. The van der Waals surface area contributed by atoms with Crippen LogP contribution in [0.25, 0.3) is 0 Å². The maximum Gasteiger partial charge on any atom is -0.0320 e. The van der Waals surface area contributed by atoms with Gasteiger partial charge in [-0.05, 0) is 63.7 Å². The van der Waals surface area contributed by atoms with Crippen LogP contribution in [0.5, 0.6) is 0 Å². The molecule has 0 heteroatoms. The van der Waals surface area contributed by atoms with E-state index < -0.39 is 0 Å². The van der Waals surface area contributed by atoms with Crippen molar-refractivity contribution in [3.8, 4) is 0 Å². The molecule has 0 aromatic carbocycles. The topological polar surface area (TPSA) is 0 Å². The summed E-state index contributed by atoms with van der Waals surface area (Å²) in [6, 6.07) is 0. The van der Waals surface area contributed by atoms with Gasteiger partial charge in [0.1, 0.15) is 0 Å². The highest BCUT2D eigenvalue weighted by molar-refractivity contribution is 5.15. The Morgan fingerprint density at radius 2 is 1.21 bits per heavy atom. The maximum absolute atomic E-state index is 2.47. The SMILES string of the molecule is CCCCCCCCC/C(C)=C/C=C(\C)CCCCC(C)(C)CC[C@H](C)CC. The third-order valence-corrected chi connectivity index (χ3v) is 6.51. The molecule has 0 amide bonds. The highest BCUT2D eigenvalue weighted by Crippen LogP contribution is 2.31. The number of rotatable bonds is 18. The van der Waals surface area contributed by atoms with Crippen LogP contribution in [0.3, 0.4) is 0 Å². The van der Waals surface area contributed by atoms with Crippen LogP contribution in [0.1, 0.15) is 145 Å². The van der Waals surface area contributed by atoms with Crippen LogP contribution in [-0.4, -0.2) is 0 Å². The summed E-state index contributed by atoms with van der Waals surface area (Å²) in [7, 11) is 0. The Morgan fingerprint density at radius 3 is 1.75 bits per heavy atom. The number of unbranched alkanes of at least 4 members (excludes halogenated alkanes) is 7. The highest BCUT2D eigenvalue weighted by atomic mass is 14.2. The standard InChI is InChI=1S/C28H54/c1-8-10-11-12-13-14-15-18-26(4)20-21-27(5)19-16-17-23-28(6,7)24-22-25(3)9-2/h20-21,25H,8-19,22-24H2,1-7H3/b26-20+,27-21+/t25-/m1/s1. The second kappa shape index (κ2) is 17.3. The molecule has 0 fully saturated rings. The van der Waals surface area contributed by atoms with Gasteiger partial charge in [-0.3, -0.25) is 0 Å². The van der Waals surface area contributed by atoms with Crippen molar-refractivity contribution in [3.63, 3.8) is 0 Å². The minimum atomic E-state index is 0.522. The summed E-state index contributed by atoms with van der Waals surface area (Å²) >= 11 is 0. The third-order valence-electron chi connectivity index (χ3n) is 6.51. The van der Waals surface area contributed by atoms with Crippen molar-refractivity contribution >= 4 is 0 Å². The Labute approximate surface area is 179 Å². The summed E-state index contributed by atoms with van der Waals surface area (Å²) in [6.45, 7) is 16.6. The van der Waals surface area contributed by atoms with Gasteiger partial charge in [-0.15, -0.1) is 0 Å². The van der Waals surface area contributed by atoms with Gasteiger partial charge in [0.25, 0.3) is 0 Å². The first-order chi connectivity index (χ1) is 13.3. The maximum atomic E-state index is 2.47. The van der Waals surface area contributed by atoms with Crippen molar-refractivity contribution in [2.45, 2.75) is 145 Å². The second-order valence-electron chi connectivity index (χ2n) is 10.3. The molecule has 0 radical (unpaired) electrons. The molecule has 0 saturated carbocycles. The third kappa shape index (κ3) is 17.6. The number of hydrogen-bond acceptors (Lipinski definition) is 0. The van der Waals surface area contributed by atoms with Gasteiger partial charge in [-0.2, -0.15) is 0 Å². The van der Waals surface area contributed by atoms with Crippen molar-refractivity contribution in [2.75, 3.05) is 0 Å². The molecule has 0 saturated heterocycles. The smallest absolute Gasteiger partial charge is 0.0320 e. The minimum Gasteiger partial charge on any atom is -0.0733 e. The quantitative estimate of drug-likeness (QED) is 0.161. The molecule has 1 atom stereocenters. The summed E-state index contributed by atoms with van der Waals surface area (Å²) in [5.41, 5.74) is 3.63. The van der Waals surface area contributed by atoms with Crippen LogP contribution in [0.15, 0.2) is 23.3 Å². The van der Waals surface area contributed by atoms with E-state index in [-0.39, 0.29) is 0 Å². The van der Waals surface area contributed by atoms with Crippen molar-refractivity contribution in [2.24, 2.45) is 11.3 Å². The molecule has 0 aromatic rings. The molecule has 0 unspecified atom stereocenters. The fraction of sp³-hybridized carbons (Fsp3) is 0.857. The molecule has 0 aliphatic rings. The Kier molecular flexibility index (Phi) is 17.0. The Balaban J connectivity index is 3.88. The van der Waals surface area contributed by atoms with Crippen LogP contribution in [0.2, 0.25) is 0 Å². The molecule has 0 rings (SSSR count). The fourth-order valence-electron chi connectivity index (χ4n) is 3.79. The highest BCUT2D eigenvalue weighted by Gasteiger charge is 2.17. The van der Waals surface area contributed by atoms with Gasteiger partial charge in [0.15, 0.2) is 0 Å². The number of allylic oxidation sites excluding steroid dienone is 4. The monoisotopic (exact) mass is 390 g/mol. The van der Waals surface area contributed by atoms with E-state index >= 15 is 0 Å². The lowest BCUT2D eigenvalue weighted by atomic mass is 9.80. The summed E-state index contributed by atoms with van der Waals surface area (Å²) in [6.07, 6.45) is 25.3. The molecule has 0 nitrogen and oxygen atoms in total. The lowest BCUT2D eigenvalue weighted by Gasteiger charge is -2.26. The average Bonchev–Trinajstić information content (AvgIpc) is 2.67. The minimum absolute atomic E-state index is 0.522. The van der Waals surface area contributed by atoms with Gasteiger partial charge in [0, 0.05) is 0 Å². The zero-order valence-corrected chi connectivity index (χ0v) is 20.8. The van der Waals surface area contributed by atoms with E-state index in [1.54, 1.807) is 11.1 Å². The van der Waals surface area contributed by atoms with E-state index in [2.05, 4.69) is 60.6 Å². The zero-order chi connectivity index (χ0) is 21.3. The van der Waals surface area contributed by atoms with Gasteiger partial charge >= 0.3 is 0 Å². The largest absolute Gasteiger partial charge is 0.0733 e. The molecular weight excluding hydrogens is 336 g/mol. The lowest BCUT2D eigenvalue weighted by Crippen LogP contribution is -2.12. The van der Waals surface area contributed by atoms with E-state index in [4.69, 9.17) is 0 Å². The summed E-state index contributed by atoms with van der Waals surface area (Å²) in [4.78, 5) is 0. The van der Waals surface area contributed by atoms with E-state index in [9.17, 15) is 0 Å². The van der Waals surface area contributed by atoms with Crippen LogP contribution in [0, 0.1) is 11.3 Å². The van der Waals surface area contributed by atoms with Crippen molar-refractivity contribution in [3.05, 3.63) is 23.3 Å². The van der Waals surface area contributed by atoms with Gasteiger partial charge in [0.05, 0.1) is 0 Å². The first-order valence-corrected chi connectivity index (χ1v) is 12.6. The Morgan fingerprint density at radius 1 is 0.714 bits per heavy atom. The van der Waals surface area contributed by atoms with Crippen molar-refractivity contribution in [1.29, 1.82) is 0 Å². The fourth-order valence-corrected chi connectivity index (χ4v) is 3.79. The molecule has 0 bridgehead atoms. The molecular formula is C28H54. The van der Waals surface area contributed by atoms with E-state index in [1.807, 2.05) is 0 Å². The molecule has 0 heterocycles. The van der Waals surface area contributed by atoms with Gasteiger partial charge in [-0.1, -0.05) is 116 Å². The van der Waals surface area contributed by atoms with E-state index in [0.29, 0.717) is 5.41 Å². The Bertz CT molecular complexity index is 410. The second-order valence-corrected chi connectivity index (χ2v) is 10.3. The lowest BCUT2D eigenvalue weighted by molar-refractivity contribution is 0.266. The van der Waals surface area contributed by atoms with Crippen molar-refractivity contribution < 1.29 is 0 Å². The van der Waals surface area contributed by atoms with Crippen LogP contribution in [-0.2, 0) is 0 Å². The summed E-state index contributed by atoms with van der Waals surface area (Å²) in [5, 5.41) is 0. The van der Waals surface area contributed by atoms with Crippen LogP contribution >= 0.6 is 0 Å². The van der Waals surface area contributed by atoms with Crippen LogP contribution in [0.4, 0.5) is 0 Å². The average molecular weight is 391 g/mol. The normalized spacial score (nSPS) is 14.5. The molecule has 166 valence electrons. The first kappa shape index (κ1) is 27.5. The number of hydrogen-bond donors (Lipinski definition) is 0. The molecule has 0 aromatic heterocycles. The zero-order valence-electron chi connectivity index (χ0n) is 20.8. The molecule has 0 spiro atoms. The molecule has 0 N–H and O–H groups in total. The molecule has 0 aliphatic carbocycles. The van der Waals surface area contributed by atoms with Gasteiger partial charge < -0.3 is 0 Å². The van der Waals surface area contributed by atoms with Crippen LogP contribution < -0.4 is 0 Å². The van der Waals surface area contributed by atoms with E-state index in [1.165, 1.54) is 96.3 Å². The van der Waals surface area contributed by atoms with Crippen molar-refractivity contribution in [1.82, 2.24) is 0 Å². The van der Waals surface area contributed by atoms with E-state index in [0.717, 1.165) is 5.92 Å². The summed E-state index contributed by atoms with van der Waals surface area (Å²) < 4.78 is 0. The predicted molar refractivity (Wildman–Crippen MR) is 131 cm³/mol. The molecule has 0 aliphatic heterocycles. The predicted octanol–water partition coefficient (Wildman–Crippen LogP) is 10.4. The van der Waals surface area contributed by atoms with Gasteiger partial charge in [-0.25, -0.2) is 0 Å².